The van der Waals surface area contributed by atoms with Gasteiger partial charge in [-0.05, 0) is 42.9 Å². The minimum atomic E-state index is -4.40. The van der Waals surface area contributed by atoms with Gasteiger partial charge in [0.2, 0.25) is 11.8 Å². The summed E-state index contributed by atoms with van der Waals surface area (Å²) in [7, 11) is 0. The number of rotatable bonds is 7. The molecule has 0 aromatic heterocycles. The fourth-order valence-electron chi connectivity index (χ4n) is 3.21. The van der Waals surface area contributed by atoms with Crippen molar-refractivity contribution >= 4 is 11.8 Å². The Labute approximate surface area is 156 Å². The van der Waals surface area contributed by atoms with Gasteiger partial charge in [-0.25, -0.2) is 0 Å². The predicted molar refractivity (Wildman–Crippen MR) is 93.5 cm³/mol. The van der Waals surface area contributed by atoms with Crippen molar-refractivity contribution in [1.82, 2.24) is 10.2 Å². The Bertz CT molecular complexity index is 641. The number of nitrogens with zero attached hydrogens (tertiary/aromatic N) is 1. The standard InChI is InChI=1S/C19H25F3N2O3/c20-19(21,22)16-3-1-2-15(12-16)13-23-17(26)5-4-14-6-9-24(10-7-14)18(27)8-11-25/h1-3,12,14,25H,4-11,13H2,(H,23,26). The van der Waals surface area contributed by atoms with Crippen LogP contribution >= 0.6 is 0 Å². The van der Waals surface area contributed by atoms with Crippen LogP contribution in [0.1, 0.15) is 43.2 Å². The van der Waals surface area contributed by atoms with Crippen molar-refractivity contribution in [2.45, 2.75) is 44.8 Å². The van der Waals surface area contributed by atoms with E-state index in [1.54, 1.807) is 11.0 Å². The molecule has 1 aromatic rings. The van der Waals surface area contributed by atoms with Gasteiger partial charge >= 0.3 is 6.18 Å². The molecule has 1 heterocycles. The summed E-state index contributed by atoms with van der Waals surface area (Å²) in [6, 6.07) is 4.92. The molecule has 0 aliphatic carbocycles. The molecule has 0 spiro atoms. The highest BCUT2D eigenvalue weighted by Crippen LogP contribution is 2.29. The third-order valence-electron chi connectivity index (χ3n) is 4.82. The Morgan fingerprint density at radius 2 is 1.89 bits per heavy atom. The van der Waals surface area contributed by atoms with E-state index in [2.05, 4.69) is 5.32 Å². The normalized spacial score (nSPS) is 15.6. The molecule has 1 fully saturated rings. The van der Waals surface area contributed by atoms with Gasteiger partial charge in [0.1, 0.15) is 0 Å². The number of aliphatic hydroxyl groups is 1. The van der Waals surface area contributed by atoms with Crippen LogP contribution in [0.4, 0.5) is 13.2 Å². The molecule has 1 aliphatic rings. The van der Waals surface area contributed by atoms with Crippen molar-refractivity contribution in [1.29, 1.82) is 0 Å². The molecule has 1 saturated heterocycles. The lowest BCUT2D eigenvalue weighted by Gasteiger charge is -2.32. The van der Waals surface area contributed by atoms with Gasteiger partial charge in [0.15, 0.2) is 0 Å². The first kappa shape index (κ1) is 21.2. The first-order chi connectivity index (χ1) is 12.8. The highest BCUT2D eigenvalue weighted by Gasteiger charge is 2.30. The van der Waals surface area contributed by atoms with Gasteiger partial charge in [-0.1, -0.05) is 12.1 Å². The summed E-state index contributed by atoms with van der Waals surface area (Å²) in [6.45, 7) is 1.19. The van der Waals surface area contributed by atoms with Crippen LogP contribution in [-0.2, 0) is 22.3 Å². The lowest BCUT2D eigenvalue weighted by atomic mass is 9.92. The molecule has 0 unspecified atom stereocenters. The molecule has 2 amide bonds. The molecule has 0 bridgehead atoms. The Kier molecular flexibility index (Phi) is 7.65. The quantitative estimate of drug-likeness (QED) is 0.757. The van der Waals surface area contributed by atoms with E-state index in [4.69, 9.17) is 5.11 Å². The lowest BCUT2D eigenvalue weighted by Crippen LogP contribution is -2.39. The number of hydrogen-bond acceptors (Lipinski definition) is 3. The summed E-state index contributed by atoms with van der Waals surface area (Å²) in [5, 5.41) is 11.5. The maximum Gasteiger partial charge on any atom is 0.416 e. The van der Waals surface area contributed by atoms with E-state index in [0.717, 1.165) is 25.0 Å². The average Bonchev–Trinajstić information content (AvgIpc) is 2.65. The predicted octanol–water partition coefficient (Wildman–Crippen LogP) is 2.72. The van der Waals surface area contributed by atoms with Gasteiger partial charge in [0, 0.05) is 32.5 Å². The number of piperidine rings is 1. The lowest BCUT2D eigenvalue weighted by molar-refractivity contribution is -0.137. The van der Waals surface area contributed by atoms with Crippen LogP contribution in [0.2, 0.25) is 0 Å². The first-order valence-corrected chi connectivity index (χ1v) is 9.11. The zero-order valence-corrected chi connectivity index (χ0v) is 15.1. The molecule has 2 N–H and O–H groups in total. The topological polar surface area (TPSA) is 69.6 Å². The molecule has 150 valence electrons. The molecule has 1 aromatic carbocycles. The van der Waals surface area contributed by atoms with E-state index in [9.17, 15) is 22.8 Å². The van der Waals surface area contributed by atoms with Crippen LogP contribution in [0.3, 0.4) is 0 Å². The van der Waals surface area contributed by atoms with E-state index in [1.165, 1.54) is 6.07 Å². The fourth-order valence-corrected chi connectivity index (χ4v) is 3.21. The maximum absolute atomic E-state index is 12.7. The smallest absolute Gasteiger partial charge is 0.396 e. The van der Waals surface area contributed by atoms with Crippen molar-refractivity contribution in [3.63, 3.8) is 0 Å². The number of likely N-dealkylation sites (tertiary alicyclic amines) is 1. The molecule has 0 radical (unpaired) electrons. The third kappa shape index (κ3) is 6.86. The minimum absolute atomic E-state index is 0.0465. The molecule has 0 saturated carbocycles. The van der Waals surface area contributed by atoms with Crippen LogP contribution in [-0.4, -0.2) is 41.5 Å². The monoisotopic (exact) mass is 386 g/mol. The fraction of sp³-hybridized carbons (Fsp3) is 0.579. The summed E-state index contributed by atoms with van der Waals surface area (Å²) in [4.78, 5) is 25.4. The van der Waals surface area contributed by atoms with E-state index < -0.39 is 11.7 Å². The van der Waals surface area contributed by atoms with Gasteiger partial charge in [0.05, 0.1) is 12.2 Å². The summed E-state index contributed by atoms with van der Waals surface area (Å²) >= 11 is 0. The average molecular weight is 386 g/mol. The molecule has 27 heavy (non-hydrogen) atoms. The summed E-state index contributed by atoms with van der Waals surface area (Å²) in [5.74, 6) is 0.114. The third-order valence-corrected chi connectivity index (χ3v) is 4.82. The van der Waals surface area contributed by atoms with Crippen molar-refractivity contribution in [2.24, 2.45) is 5.92 Å². The minimum Gasteiger partial charge on any atom is -0.396 e. The van der Waals surface area contributed by atoms with Crippen LogP contribution in [0.5, 0.6) is 0 Å². The van der Waals surface area contributed by atoms with Gasteiger partial charge in [-0.15, -0.1) is 0 Å². The number of halogens is 3. The maximum atomic E-state index is 12.7. The molecular weight excluding hydrogens is 361 g/mol. The SMILES string of the molecule is O=C(CCC1CCN(C(=O)CCO)CC1)NCc1cccc(C(F)(F)F)c1. The Hall–Kier alpha value is -2.09. The number of nitrogens with one attached hydrogen (secondary N) is 1. The second kappa shape index (κ2) is 9.73. The highest BCUT2D eigenvalue weighted by molar-refractivity contribution is 5.76. The second-order valence-electron chi connectivity index (χ2n) is 6.81. The Balaban J connectivity index is 1.69. The molecule has 8 heteroatoms. The van der Waals surface area contributed by atoms with Gasteiger partial charge < -0.3 is 15.3 Å². The Morgan fingerprint density at radius 1 is 1.19 bits per heavy atom. The van der Waals surface area contributed by atoms with E-state index in [1.807, 2.05) is 0 Å². The zero-order valence-electron chi connectivity index (χ0n) is 15.1. The number of benzene rings is 1. The van der Waals surface area contributed by atoms with Crippen LogP contribution in [0, 0.1) is 5.92 Å². The van der Waals surface area contributed by atoms with Crippen LogP contribution < -0.4 is 5.32 Å². The van der Waals surface area contributed by atoms with Crippen LogP contribution in [0.15, 0.2) is 24.3 Å². The van der Waals surface area contributed by atoms with Crippen molar-refractivity contribution in [2.75, 3.05) is 19.7 Å². The van der Waals surface area contributed by atoms with Crippen LogP contribution in [0.25, 0.3) is 0 Å². The summed E-state index contributed by atoms with van der Waals surface area (Å²) < 4.78 is 38.1. The number of hydrogen-bond donors (Lipinski definition) is 2. The van der Waals surface area contributed by atoms with E-state index in [0.29, 0.717) is 37.4 Å². The van der Waals surface area contributed by atoms with Gasteiger partial charge in [-0.2, -0.15) is 13.2 Å². The Morgan fingerprint density at radius 3 is 2.52 bits per heavy atom. The number of alkyl halides is 3. The van der Waals surface area contributed by atoms with Gasteiger partial charge in [0.25, 0.3) is 0 Å². The number of carbonyl (C=O) groups excluding carboxylic acids is 2. The highest BCUT2D eigenvalue weighted by atomic mass is 19.4. The number of carbonyl (C=O) groups is 2. The summed E-state index contributed by atoms with van der Waals surface area (Å²) in [6.07, 6.45) is -1.61. The van der Waals surface area contributed by atoms with Crippen molar-refractivity contribution < 1.29 is 27.9 Å². The largest absolute Gasteiger partial charge is 0.416 e. The zero-order chi connectivity index (χ0) is 19.9. The molecule has 0 atom stereocenters. The van der Waals surface area contributed by atoms with E-state index >= 15 is 0 Å². The molecule has 1 aliphatic heterocycles. The summed E-state index contributed by atoms with van der Waals surface area (Å²) in [5.41, 5.74) is -0.314. The van der Waals surface area contributed by atoms with Gasteiger partial charge in [-0.3, -0.25) is 9.59 Å². The van der Waals surface area contributed by atoms with Crippen molar-refractivity contribution in [3.05, 3.63) is 35.4 Å². The molecular formula is C19H25F3N2O3. The molecule has 5 nitrogen and oxygen atoms in total. The van der Waals surface area contributed by atoms with Crippen molar-refractivity contribution in [3.8, 4) is 0 Å². The number of aliphatic hydroxyl groups excluding tert-OH is 1. The van der Waals surface area contributed by atoms with E-state index in [-0.39, 0.29) is 31.4 Å². The first-order valence-electron chi connectivity index (χ1n) is 9.11. The second-order valence-corrected chi connectivity index (χ2v) is 6.81. The molecule has 2 rings (SSSR count). The number of amides is 2.